The van der Waals surface area contributed by atoms with Gasteiger partial charge in [-0.15, -0.1) is 0 Å². The maximum Gasteiger partial charge on any atom is 0.330 e. The summed E-state index contributed by atoms with van der Waals surface area (Å²) in [6.07, 6.45) is -0.794. The van der Waals surface area contributed by atoms with E-state index in [0.29, 0.717) is 0 Å². The summed E-state index contributed by atoms with van der Waals surface area (Å²) in [7, 11) is 0. The van der Waals surface area contributed by atoms with Crippen molar-refractivity contribution in [3.05, 3.63) is 38.7 Å². The second-order valence-electron chi connectivity index (χ2n) is 4.62. The third-order valence-electron chi connectivity index (χ3n) is 3.22. The Morgan fingerprint density at radius 2 is 2.10 bits per heavy atom. The van der Waals surface area contributed by atoms with Gasteiger partial charge in [-0.3, -0.25) is 14.3 Å². The van der Waals surface area contributed by atoms with E-state index < -0.39 is 42.4 Å². The van der Waals surface area contributed by atoms with Crippen LogP contribution in [0.5, 0.6) is 0 Å². The summed E-state index contributed by atoms with van der Waals surface area (Å²) in [4.78, 5) is 25.5. The monoisotopic (exact) mass is 299 g/mol. The van der Waals surface area contributed by atoms with Crippen LogP contribution >= 0.6 is 0 Å². The van der Waals surface area contributed by atoms with Crippen LogP contribution in [-0.4, -0.2) is 56.3 Å². The first kappa shape index (κ1) is 15.6. The van der Waals surface area contributed by atoms with Gasteiger partial charge < -0.3 is 25.8 Å². The number of hydrogen-bond donors (Lipinski definition) is 5. The fourth-order valence-electron chi connectivity index (χ4n) is 2.11. The van der Waals surface area contributed by atoms with Crippen molar-refractivity contribution >= 4 is 6.08 Å². The van der Waals surface area contributed by atoms with Gasteiger partial charge in [-0.25, -0.2) is 4.79 Å². The summed E-state index contributed by atoms with van der Waals surface area (Å²) < 4.78 is 6.20. The van der Waals surface area contributed by atoms with Crippen molar-refractivity contribution in [1.29, 1.82) is 0 Å². The molecule has 116 valence electrons. The van der Waals surface area contributed by atoms with Crippen LogP contribution in [0.1, 0.15) is 11.8 Å². The maximum atomic E-state index is 11.8. The van der Waals surface area contributed by atoms with Crippen molar-refractivity contribution in [3.63, 3.8) is 0 Å². The van der Waals surface area contributed by atoms with Crippen molar-refractivity contribution < 1.29 is 20.1 Å². The van der Waals surface area contributed by atoms with Crippen LogP contribution in [0, 0.1) is 0 Å². The first-order valence-corrected chi connectivity index (χ1v) is 6.34. The van der Waals surface area contributed by atoms with Gasteiger partial charge in [0, 0.05) is 12.7 Å². The Morgan fingerprint density at radius 3 is 2.67 bits per heavy atom. The molecule has 21 heavy (non-hydrogen) atoms. The first-order valence-electron chi connectivity index (χ1n) is 6.34. The zero-order chi connectivity index (χ0) is 15.6. The Kier molecular flexibility index (Phi) is 4.70. The summed E-state index contributed by atoms with van der Waals surface area (Å²) in [5.74, 6) is 0. The van der Waals surface area contributed by atoms with Gasteiger partial charge >= 0.3 is 5.69 Å². The van der Waals surface area contributed by atoms with E-state index in [-0.39, 0.29) is 12.1 Å². The summed E-state index contributed by atoms with van der Waals surface area (Å²) in [6.45, 7) is -0.292. The number of nitrogens with zero attached hydrogens (tertiary/aromatic N) is 1. The lowest BCUT2D eigenvalue weighted by molar-refractivity contribution is -0.0550. The molecule has 1 saturated heterocycles. The molecule has 2 rings (SSSR count). The first-order chi connectivity index (χ1) is 9.99. The summed E-state index contributed by atoms with van der Waals surface area (Å²) in [5, 5.41) is 28.6. The van der Waals surface area contributed by atoms with Crippen LogP contribution in [-0.2, 0) is 4.74 Å². The van der Waals surface area contributed by atoms with Gasteiger partial charge in [0.25, 0.3) is 5.56 Å². The second-order valence-corrected chi connectivity index (χ2v) is 4.62. The summed E-state index contributed by atoms with van der Waals surface area (Å²) in [5.41, 5.74) is 4.05. The number of H-pyrrole nitrogens is 1. The molecule has 1 aromatic rings. The lowest BCUT2D eigenvalue weighted by atomic mass is 10.1. The minimum absolute atomic E-state index is 0.151. The maximum absolute atomic E-state index is 11.8. The smallest absolute Gasteiger partial charge is 0.330 e. The Balaban J connectivity index is 2.42. The van der Waals surface area contributed by atoms with Crippen LogP contribution in [0.3, 0.4) is 0 Å². The molecule has 1 fully saturated rings. The number of aliphatic hydroxyl groups excluding tert-OH is 3. The van der Waals surface area contributed by atoms with Crippen LogP contribution in [0.2, 0.25) is 0 Å². The van der Waals surface area contributed by atoms with Crippen molar-refractivity contribution in [2.75, 3.05) is 13.2 Å². The molecule has 1 aliphatic heterocycles. The average molecular weight is 299 g/mol. The predicted octanol–water partition coefficient (Wildman–Crippen LogP) is -2.88. The van der Waals surface area contributed by atoms with Crippen molar-refractivity contribution in [2.24, 2.45) is 5.73 Å². The van der Waals surface area contributed by atoms with Crippen molar-refractivity contribution in [3.8, 4) is 0 Å². The highest BCUT2D eigenvalue weighted by Crippen LogP contribution is 2.27. The lowest BCUT2D eigenvalue weighted by Gasteiger charge is -2.17. The Labute approximate surface area is 118 Å². The second kappa shape index (κ2) is 6.33. The zero-order valence-corrected chi connectivity index (χ0v) is 11.0. The van der Waals surface area contributed by atoms with E-state index in [9.17, 15) is 19.8 Å². The molecular formula is C12H17N3O6. The number of nitrogens with one attached hydrogen (secondary N) is 1. The number of ether oxygens (including phenoxy) is 1. The highest BCUT2D eigenvalue weighted by atomic mass is 16.6. The van der Waals surface area contributed by atoms with E-state index in [1.807, 2.05) is 0 Å². The van der Waals surface area contributed by atoms with Gasteiger partial charge in [-0.05, 0) is 0 Å². The fourth-order valence-corrected chi connectivity index (χ4v) is 2.11. The van der Waals surface area contributed by atoms with E-state index in [0.717, 1.165) is 4.57 Å². The number of aromatic amines is 1. The van der Waals surface area contributed by atoms with Crippen LogP contribution in [0.25, 0.3) is 6.08 Å². The van der Waals surface area contributed by atoms with Gasteiger partial charge in [0.1, 0.15) is 18.3 Å². The van der Waals surface area contributed by atoms with Gasteiger partial charge in [-0.1, -0.05) is 12.2 Å². The van der Waals surface area contributed by atoms with Gasteiger partial charge in [0.15, 0.2) is 6.23 Å². The molecule has 0 amide bonds. The van der Waals surface area contributed by atoms with E-state index in [2.05, 4.69) is 4.98 Å². The van der Waals surface area contributed by atoms with Crippen molar-refractivity contribution in [2.45, 2.75) is 24.5 Å². The third-order valence-corrected chi connectivity index (χ3v) is 3.22. The van der Waals surface area contributed by atoms with E-state index >= 15 is 0 Å². The molecule has 2 heterocycles. The number of hydrogen-bond acceptors (Lipinski definition) is 7. The summed E-state index contributed by atoms with van der Waals surface area (Å²) >= 11 is 0. The third kappa shape index (κ3) is 2.96. The zero-order valence-electron chi connectivity index (χ0n) is 11.0. The number of aromatic nitrogens is 2. The van der Waals surface area contributed by atoms with Crippen LogP contribution in [0.4, 0.5) is 0 Å². The Bertz CT molecular complexity index is 637. The van der Waals surface area contributed by atoms with E-state index in [1.54, 1.807) is 0 Å². The quantitative estimate of drug-likeness (QED) is 0.400. The molecule has 9 heteroatoms. The van der Waals surface area contributed by atoms with E-state index in [1.165, 1.54) is 18.3 Å². The summed E-state index contributed by atoms with van der Waals surface area (Å²) in [6, 6.07) is 0. The predicted molar refractivity (Wildman–Crippen MR) is 72.4 cm³/mol. The molecule has 0 radical (unpaired) electrons. The minimum atomic E-state index is -1.41. The molecular weight excluding hydrogens is 282 g/mol. The molecule has 0 unspecified atom stereocenters. The average Bonchev–Trinajstić information content (AvgIpc) is 2.74. The molecule has 0 bridgehead atoms. The van der Waals surface area contributed by atoms with Crippen LogP contribution in [0.15, 0.2) is 21.9 Å². The van der Waals surface area contributed by atoms with Crippen molar-refractivity contribution in [1.82, 2.24) is 9.55 Å². The number of rotatable bonds is 4. The molecule has 1 aromatic heterocycles. The minimum Gasteiger partial charge on any atom is -0.394 e. The SMILES string of the molecule is NCC=Cc1cn([C@@H]2O[C@H](CO)[C@@H](O)[C@H]2O)c(=O)[nH]c1=O. The lowest BCUT2D eigenvalue weighted by Crippen LogP contribution is -2.38. The molecule has 0 aromatic carbocycles. The normalized spacial score (nSPS) is 29.3. The highest BCUT2D eigenvalue weighted by molar-refractivity contribution is 5.46. The van der Waals surface area contributed by atoms with Gasteiger partial charge in [0.2, 0.25) is 0 Å². The molecule has 9 nitrogen and oxygen atoms in total. The highest BCUT2D eigenvalue weighted by Gasteiger charge is 2.43. The van der Waals surface area contributed by atoms with Gasteiger partial charge in [0.05, 0.1) is 12.2 Å². The number of nitrogens with two attached hydrogens (primary N) is 1. The Hall–Kier alpha value is -1.78. The van der Waals surface area contributed by atoms with Gasteiger partial charge in [-0.2, -0.15) is 0 Å². The topological polar surface area (TPSA) is 151 Å². The molecule has 6 N–H and O–H groups in total. The van der Waals surface area contributed by atoms with Crippen LogP contribution < -0.4 is 17.0 Å². The number of aliphatic hydroxyl groups is 3. The molecule has 0 saturated carbocycles. The molecule has 0 spiro atoms. The largest absolute Gasteiger partial charge is 0.394 e. The fraction of sp³-hybridized carbons (Fsp3) is 0.500. The molecule has 4 atom stereocenters. The molecule has 1 aliphatic rings. The van der Waals surface area contributed by atoms with E-state index in [4.69, 9.17) is 15.6 Å². The standard InChI is InChI=1S/C12H17N3O6/c13-3-1-2-6-4-15(12(20)14-10(6)19)11-9(18)8(17)7(5-16)21-11/h1-2,4,7-9,11,16-18H,3,5,13H2,(H,14,19,20)/t7-,8-,9-,11-/m1/s1. The Morgan fingerprint density at radius 1 is 1.38 bits per heavy atom. The molecule has 0 aliphatic carbocycles.